The van der Waals surface area contributed by atoms with Gasteiger partial charge in [0.05, 0.1) is 11.8 Å². The number of alkyl halides is 3. The van der Waals surface area contributed by atoms with Crippen molar-refractivity contribution in [1.29, 1.82) is 0 Å². The Bertz CT molecular complexity index is 466. The Morgan fingerprint density at radius 1 is 1.44 bits per heavy atom. The van der Waals surface area contributed by atoms with E-state index in [2.05, 4.69) is 10.3 Å². The summed E-state index contributed by atoms with van der Waals surface area (Å²) in [6.45, 7) is -0.435. The summed E-state index contributed by atoms with van der Waals surface area (Å²) in [5.41, 5.74) is -3.10. The predicted molar refractivity (Wildman–Crippen MR) is 54.5 cm³/mol. The Morgan fingerprint density at radius 3 is 2.67 bits per heavy atom. The number of carbonyl (C=O) groups excluding carboxylic acids is 1. The number of pyridine rings is 1. The lowest BCUT2D eigenvalue weighted by molar-refractivity contribution is -0.197. The number of nitrogens with one attached hydrogen (secondary N) is 1. The van der Waals surface area contributed by atoms with E-state index < -0.39 is 35.3 Å². The molecular formula is C11H10F4N2O. The molecule has 1 N–H and O–H groups in total. The van der Waals surface area contributed by atoms with Crippen LogP contribution in [0.15, 0.2) is 18.5 Å². The zero-order valence-corrected chi connectivity index (χ0v) is 9.22. The van der Waals surface area contributed by atoms with Crippen LogP contribution in [0.3, 0.4) is 0 Å². The number of aromatic nitrogens is 1. The highest BCUT2D eigenvalue weighted by atomic mass is 19.4. The molecule has 1 aliphatic rings. The molecule has 1 atom stereocenters. The average Bonchev–Trinajstić information content (AvgIpc) is 2.78. The van der Waals surface area contributed by atoms with Gasteiger partial charge in [0.2, 0.25) is 0 Å². The standard InChI is InChI=1S/C11H10F4N2O/c12-8-5-16-3-1-7(8)9(18)10(11(13,14)15)2-4-17-6-10/h1,3,5,17H,2,4,6H2. The number of ketones is 1. The fourth-order valence-corrected chi connectivity index (χ4v) is 2.07. The lowest BCUT2D eigenvalue weighted by Crippen LogP contribution is -2.47. The Labute approximate surface area is 100 Å². The van der Waals surface area contributed by atoms with Crippen molar-refractivity contribution in [3.8, 4) is 0 Å². The lowest BCUT2D eigenvalue weighted by Gasteiger charge is -2.29. The van der Waals surface area contributed by atoms with Crippen LogP contribution >= 0.6 is 0 Å². The molecule has 2 heterocycles. The minimum atomic E-state index is -4.71. The van der Waals surface area contributed by atoms with Crippen molar-refractivity contribution < 1.29 is 22.4 Å². The number of halogens is 4. The van der Waals surface area contributed by atoms with Crippen molar-refractivity contribution in [2.75, 3.05) is 13.1 Å². The van der Waals surface area contributed by atoms with Gasteiger partial charge in [-0.3, -0.25) is 9.78 Å². The number of nitrogens with zero attached hydrogens (tertiary/aromatic N) is 1. The van der Waals surface area contributed by atoms with E-state index in [4.69, 9.17) is 0 Å². The van der Waals surface area contributed by atoms with Crippen molar-refractivity contribution in [3.63, 3.8) is 0 Å². The molecule has 0 saturated carbocycles. The summed E-state index contributed by atoms with van der Waals surface area (Å²) in [6.07, 6.45) is -3.25. The molecule has 2 rings (SSSR count). The predicted octanol–water partition coefficient (Wildman–Crippen LogP) is 1.95. The summed E-state index contributed by atoms with van der Waals surface area (Å²) in [4.78, 5) is 15.4. The van der Waals surface area contributed by atoms with Gasteiger partial charge in [-0.1, -0.05) is 0 Å². The molecule has 98 valence electrons. The topological polar surface area (TPSA) is 42.0 Å². The number of carbonyl (C=O) groups is 1. The fraction of sp³-hybridized carbons (Fsp3) is 0.455. The van der Waals surface area contributed by atoms with E-state index >= 15 is 0 Å². The maximum absolute atomic E-state index is 13.4. The van der Waals surface area contributed by atoms with Crippen LogP contribution in [-0.4, -0.2) is 30.0 Å². The molecule has 0 bridgehead atoms. The third-order valence-corrected chi connectivity index (χ3v) is 3.15. The van der Waals surface area contributed by atoms with Crippen LogP contribution in [0, 0.1) is 11.2 Å². The van der Waals surface area contributed by atoms with Crippen LogP contribution in [-0.2, 0) is 0 Å². The van der Waals surface area contributed by atoms with Crippen molar-refractivity contribution in [1.82, 2.24) is 10.3 Å². The first kappa shape index (κ1) is 12.9. The van der Waals surface area contributed by atoms with Gasteiger partial charge in [0.15, 0.2) is 11.6 Å². The molecule has 3 nitrogen and oxygen atoms in total. The molecule has 18 heavy (non-hydrogen) atoms. The van der Waals surface area contributed by atoms with Crippen molar-refractivity contribution in [2.24, 2.45) is 5.41 Å². The van der Waals surface area contributed by atoms with E-state index in [-0.39, 0.29) is 13.0 Å². The Balaban J connectivity index is 2.46. The number of rotatable bonds is 2. The van der Waals surface area contributed by atoms with Gasteiger partial charge in [-0.25, -0.2) is 4.39 Å². The molecule has 1 saturated heterocycles. The molecule has 0 amide bonds. The fourth-order valence-electron chi connectivity index (χ4n) is 2.07. The second kappa shape index (κ2) is 4.31. The summed E-state index contributed by atoms with van der Waals surface area (Å²) >= 11 is 0. The highest BCUT2D eigenvalue weighted by molar-refractivity contribution is 6.01. The van der Waals surface area contributed by atoms with Crippen LogP contribution in [0.25, 0.3) is 0 Å². The van der Waals surface area contributed by atoms with Crippen LogP contribution in [0.5, 0.6) is 0 Å². The normalized spacial score (nSPS) is 24.2. The molecule has 0 radical (unpaired) electrons. The molecule has 7 heteroatoms. The van der Waals surface area contributed by atoms with Gasteiger partial charge in [0.25, 0.3) is 0 Å². The van der Waals surface area contributed by atoms with Gasteiger partial charge < -0.3 is 5.32 Å². The van der Waals surface area contributed by atoms with E-state index in [0.29, 0.717) is 0 Å². The van der Waals surface area contributed by atoms with Crippen molar-refractivity contribution in [3.05, 3.63) is 29.8 Å². The van der Waals surface area contributed by atoms with Gasteiger partial charge in [-0.15, -0.1) is 0 Å². The van der Waals surface area contributed by atoms with E-state index in [1.165, 1.54) is 0 Å². The number of Topliss-reactive ketones (excluding diaryl/α,β-unsaturated/α-hetero) is 1. The molecule has 1 aromatic rings. The highest BCUT2D eigenvalue weighted by Crippen LogP contribution is 2.45. The van der Waals surface area contributed by atoms with Crippen molar-refractivity contribution >= 4 is 5.78 Å². The van der Waals surface area contributed by atoms with Crippen LogP contribution in [0.2, 0.25) is 0 Å². The molecule has 0 aromatic carbocycles. The zero-order chi connectivity index (χ0) is 13.4. The Kier molecular flexibility index (Phi) is 3.10. The first-order valence-electron chi connectivity index (χ1n) is 5.30. The maximum Gasteiger partial charge on any atom is 0.402 e. The molecule has 1 aromatic heterocycles. The molecule has 1 aliphatic heterocycles. The van der Waals surface area contributed by atoms with Gasteiger partial charge in [-0.05, 0) is 19.0 Å². The van der Waals surface area contributed by atoms with E-state index in [1.807, 2.05) is 0 Å². The molecule has 0 spiro atoms. The average molecular weight is 262 g/mol. The van der Waals surface area contributed by atoms with Gasteiger partial charge in [0, 0.05) is 12.7 Å². The highest BCUT2D eigenvalue weighted by Gasteiger charge is 2.61. The van der Waals surface area contributed by atoms with Crippen LogP contribution in [0.1, 0.15) is 16.8 Å². The molecular weight excluding hydrogens is 252 g/mol. The van der Waals surface area contributed by atoms with Gasteiger partial charge >= 0.3 is 6.18 Å². The summed E-state index contributed by atoms with van der Waals surface area (Å²) < 4.78 is 52.6. The second-order valence-corrected chi connectivity index (χ2v) is 4.19. The zero-order valence-electron chi connectivity index (χ0n) is 9.22. The molecule has 1 unspecified atom stereocenters. The Hall–Kier alpha value is -1.50. The van der Waals surface area contributed by atoms with Gasteiger partial charge in [-0.2, -0.15) is 13.2 Å². The summed E-state index contributed by atoms with van der Waals surface area (Å²) in [5, 5.41) is 2.51. The SMILES string of the molecule is O=C(c1ccncc1F)C1(C(F)(F)F)CCNC1. The molecule has 1 fully saturated rings. The minimum Gasteiger partial charge on any atom is -0.315 e. The summed E-state index contributed by atoms with van der Waals surface area (Å²) in [6, 6.07) is 0.976. The molecule has 0 aliphatic carbocycles. The maximum atomic E-state index is 13.4. The van der Waals surface area contributed by atoms with E-state index in [1.54, 1.807) is 0 Å². The number of hydrogen-bond acceptors (Lipinski definition) is 3. The van der Waals surface area contributed by atoms with Crippen LogP contribution in [0.4, 0.5) is 17.6 Å². The number of hydrogen-bond donors (Lipinski definition) is 1. The van der Waals surface area contributed by atoms with Crippen molar-refractivity contribution in [2.45, 2.75) is 12.6 Å². The van der Waals surface area contributed by atoms with E-state index in [0.717, 1.165) is 18.5 Å². The quantitative estimate of drug-likeness (QED) is 0.654. The first-order chi connectivity index (χ1) is 8.38. The smallest absolute Gasteiger partial charge is 0.315 e. The third-order valence-electron chi connectivity index (χ3n) is 3.15. The first-order valence-corrected chi connectivity index (χ1v) is 5.30. The largest absolute Gasteiger partial charge is 0.402 e. The monoisotopic (exact) mass is 262 g/mol. The second-order valence-electron chi connectivity index (χ2n) is 4.19. The summed E-state index contributed by atoms with van der Waals surface area (Å²) in [5.74, 6) is -2.27. The van der Waals surface area contributed by atoms with E-state index in [9.17, 15) is 22.4 Å². The lowest BCUT2D eigenvalue weighted by atomic mass is 9.79. The minimum absolute atomic E-state index is 0.0813. The third kappa shape index (κ3) is 1.88. The Morgan fingerprint density at radius 2 is 2.17 bits per heavy atom. The van der Waals surface area contributed by atoms with Gasteiger partial charge in [0.1, 0.15) is 5.41 Å². The summed E-state index contributed by atoms with van der Waals surface area (Å²) in [7, 11) is 0. The van der Waals surface area contributed by atoms with Crippen LogP contribution < -0.4 is 5.32 Å².